The molecular formula is C21H22ClF2N7O2. The van der Waals surface area contributed by atoms with Crippen LogP contribution < -0.4 is 26.1 Å². The van der Waals surface area contributed by atoms with Crippen LogP contribution in [0.2, 0.25) is 5.02 Å². The van der Waals surface area contributed by atoms with E-state index in [1.807, 2.05) is 6.07 Å². The number of pyridine rings is 1. The van der Waals surface area contributed by atoms with E-state index >= 15 is 0 Å². The molecule has 2 fully saturated rings. The molecule has 4 N–H and O–H groups in total. The number of anilines is 2. The monoisotopic (exact) mass is 477 g/mol. The quantitative estimate of drug-likeness (QED) is 0.502. The Labute approximate surface area is 194 Å². The molecule has 1 aromatic heterocycles. The summed E-state index contributed by atoms with van der Waals surface area (Å²) in [4.78, 5) is 16.8. The zero-order chi connectivity index (χ0) is 23.7. The third-order valence-corrected chi connectivity index (χ3v) is 6.01. The van der Waals surface area contributed by atoms with Crippen LogP contribution >= 0.6 is 11.6 Å². The predicted octanol–water partition coefficient (Wildman–Crippen LogP) is 2.68. The van der Waals surface area contributed by atoms with Crippen LogP contribution in [-0.4, -0.2) is 48.4 Å². The number of amides is 1. The number of methoxy groups -OCH3 is 1. The first-order chi connectivity index (χ1) is 15.8. The Hall–Kier alpha value is -3.20. The van der Waals surface area contributed by atoms with E-state index in [2.05, 4.69) is 26.4 Å². The average molecular weight is 478 g/mol. The summed E-state index contributed by atoms with van der Waals surface area (Å²) in [6, 6.07) is 9.26. The van der Waals surface area contributed by atoms with Crippen molar-refractivity contribution in [3.8, 4) is 11.8 Å². The maximum atomic E-state index is 13.1. The van der Waals surface area contributed by atoms with Gasteiger partial charge in [-0.25, -0.2) is 19.2 Å². The van der Waals surface area contributed by atoms with Gasteiger partial charge in [-0.15, -0.1) is 0 Å². The Balaban J connectivity index is 1.59. The van der Waals surface area contributed by atoms with Crippen molar-refractivity contribution in [3.05, 3.63) is 46.6 Å². The van der Waals surface area contributed by atoms with Crippen molar-refractivity contribution >= 4 is 29.0 Å². The summed E-state index contributed by atoms with van der Waals surface area (Å²) in [5, 5.41) is 20.9. The normalized spacial score (nSPS) is 24.4. The maximum Gasteiger partial charge on any atom is 0.266 e. The minimum absolute atomic E-state index is 0.0874. The minimum atomic E-state index is -2.79. The first kappa shape index (κ1) is 23.0. The number of para-hydroxylation sites is 1. The Kier molecular flexibility index (Phi) is 6.51. The number of fused-ring (bicyclic) bond motifs is 1. The molecule has 2 aromatic rings. The van der Waals surface area contributed by atoms with Crippen LogP contribution in [0.1, 0.15) is 24.1 Å². The summed E-state index contributed by atoms with van der Waals surface area (Å²) in [5.74, 6) is 0.216. The number of carbonyl (C=O) groups excluding carboxylic acids is 1. The summed E-state index contributed by atoms with van der Waals surface area (Å²) in [6.45, 7) is 0. The highest BCUT2D eigenvalue weighted by molar-refractivity contribution is 6.32. The molecule has 0 radical (unpaired) electrons. The number of benzene rings is 1. The van der Waals surface area contributed by atoms with Crippen LogP contribution in [0.15, 0.2) is 30.3 Å². The lowest BCUT2D eigenvalue weighted by molar-refractivity contribution is -0.131. The van der Waals surface area contributed by atoms with Crippen molar-refractivity contribution in [3.63, 3.8) is 0 Å². The molecule has 4 unspecified atom stereocenters. The number of alkyl halides is 2. The second-order valence-electron chi connectivity index (χ2n) is 7.75. The number of nitriles is 1. The number of carbonyl (C=O) groups is 1. The molecule has 174 valence electrons. The van der Waals surface area contributed by atoms with Crippen LogP contribution in [-0.2, 0) is 4.79 Å². The summed E-state index contributed by atoms with van der Waals surface area (Å²) in [7, 11) is 3.16. The Morgan fingerprint density at radius 3 is 2.82 bits per heavy atom. The van der Waals surface area contributed by atoms with Crippen molar-refractivity contribution in [2.75, 3.05) is 24.8 Å². The fourth-order valence-corrected chi connectivity index (χ4v) is 4.47. The lowest BCUT2D eigenvalue weighted by Gasteiger charge is -2.39. The highest BCUT2D eigenvalue weighted by Gasteiger charge is 2.48. The number of hydrogen-bond acceptors (Lipinski definition) is 8. The second-order valence-corrected chi connectivity index (χ2v) is 8.15. The largest absolute Gasteiger partial charge is 0.493 e. The molecule has 0 spiro atoms. The van der Waals surface area contributed by atoms with Gasteiger partial charge >= 0.3 is 0 Å². The molecule has 4 atom stereocenters. The first-order valence-corrected chi connectivity index (χ1v) is 10.5. The number of hydrogen-bond donors (Lipinski definition) is 4. The molecule has 4 rings (SSSR count). The number of piperidine rings is 1. The van der Waals surface area contributed by atoms with Gasteiger partial charge in [-0.05, 0) is 24.3 Å². The molecule has 12 heteroatoms. The molecule has 0 aliphatic carbocycles. The molecule has 0 saturated carbocycles. The number of ether oxygens (including phenoxy) is 1. The van der Waals surface area contributed by atoms with Crippen molar-refractivity contribution < 1.29 is 18.3 Å². The summed E-state index contributed by atoms with van der Waals surface area (Å²) in [6.07, 6.45) is -3.15. The fraction of sp³-hybridized carbons (Fsp3) is 0.381. The van der Waals surface area contributed by atoms with Gasteiger partial charge in [0.25, 0.3) is 6.43 Å². The standard InChI is InChI=1S/C21H22ClF2N7O2/c1-31-21(32)17-13(26-12-5-3-4-11(22)18(12)33-2)8-16(29-20(17)30-31)28-15-7-6-10(19(23)24)14(9-25)27-15/h3-7,13,16-17,19-20,26,29-30H,8H2,1-2H3,(H,27,28). The SMILES string of the molecule is COc1c(Cl)cccc1NC1CC(Nc2ccc(C(F)F)c(C#N)n2)NC2NN(C)C(=O)C12. The maximum absolute atomic E-state index is 13.1. The highest BCUT2D eigenvalue weighted by Crippen LogP contribution is 2.36. The van der Waals surface area contributed by atoms with Crippen molar-refractivity contribution in [1.29, 1.82) is 5.26 Å². The van der Waals surface area contributed by atoms with Gasteiger partial charge in [-0.1, -0.05) is 17.7 Å². The van der Waals surface area contributed by atoms with E-state index in [0.29, 0.717) is 22.9 Å². The smallest absolute Gasteiger partial charge is 0.266 e. The van der Waals surface area contributed by atoms with E-state index in [1.165, 1.54) is 24.3 Å². The topological polar surface area (TPSA) is 114 Å². The molecule has 2 aliphatic heterocycles. The zero-order valence-electron chi connectivity index (χ0n) is 17.8. The number of rotatable bonds is 6. The number of aromatic nitrogens is 1. The van der Waals surface area contributed by atoms with Gasteiger partial charge in [-0.3, -0.25) is 15.1 Å². The number of nitrogens with one attached hydrogen (secondary N) is 4. The van der Waals surface area contributed by atoms with E-state index < -0.39 is 30.2 Å². The molecule has 2 saturated heterocycles. The van der Waals surface area contributed by atoms with E-state index in [4.69, 9.17) is 16.3 Å². The Morgan fingerprint density at radius 2 is 2.12 bits per heavy atom. The third-order valence-electron chi connectivity index (χ3n) is 5.71. The lowest BCUT2D eigenvalue weighted by atomic mass is 9.88. The summed E-state index contributed by atoms with van der Waals surface area (Å²) < 4.78 is 31.6. The fourth-order valence-electron chi connectivity index (χ4n) is 4.22. The molecule has 3 heterocycles. The van der Waals surface area contributed by atoms with Crippen LogP contribution in [0, 0.1) is 17.2 Å². The van der Waals surface area contributed by atoms with Gasteiger partial charge in [0.15, 0.2) is 11.4 Å². The first-order valence-electron chi connectivity index (χ1n) is 10.2. The number of halogens is 3. The summed E-state index contributed by atoms with van der Waals surface area (Å²) >= 11 is 6.24. The van der Waals surface area contributed by atoms with Crippen molar-refractivity contribution in [2.45, 2.75) is 31.2 Å². The second kappa shape index (κ2) is 9.35. The average Bonchev–Trinajstić information content (AvgIpc) is 3.07. The molecule has 1 amide bonds. The minimum Gasteiger partial charge on any atom is -0.493 e. The third kappa shape index (κ3) is 4.50. The van der Waals surface area contributed by atoms with Crippen molar-refractivity contribution in [1.82, 2.24) is 20.7 Å². The van der Waals surface area contributed by atoms with Gasteiger partial charge < -0.3 is 15.4 Å². The molecule has 0 bridgehead atoms. The van der Waals surface area contributed by atoms with Crippen LogP contribution in [0.25, 0.3) is 0 Å². The van der Waals surface area contributed by atoms with Gasteiger partial charge in [0.1, 0.15) is 11.9 Å². The predicted molar refractivity (Wildman–Crippen MR) is 118 cm³/mol. The van der Waals surface area contributed by atoms with Crippen molar-refractivity contribution in [2.24, 2.45) is 5.92 Å². The number of nitrogens with zero attached hydrogens (tertiary/aromatic N) is 3. The van der Waals surface area contributed by atoms with E-state index in [-0.39, 0.29) is 23.5 Å². The molecule has 1 aromatic carbocycles. The Bertz CT molecular complexity index is 1100. The van der Waals surface area contributed by atoms with Gasteiger partial charge in [0.2, 0.25) is 5.91 Å². The molecular weight excluding hydrogens is 456 g/mol. The highest BCUT2D eigenvalue weighted by atomic mass is 35.5. The van der Waals surface area contributed by atoms with Gasteiger partial charge in [-0.2, -0.15) is 5.26 Å². The number of hydrazine groups is 1. The lowest BCUT2D eigenvalue weighted by Crippen LogP contribution is -2.60. The zero-order valence-corrected chi connectivity index (χ0v) is 18.5. The van der Waals surface area contributed by atoms with Crippen LogP contribution in [0.5, 0.6) is 5.75 Å². The molecule has 2 aliphatic rings. The van der Waals surface area contributed by atoms with Gasteiger partial charge in [0.05, 0.1) is 41.6 Å². The van der Waals surface area contributed by atoms with E-state index in [1.54, 1.807) is 25.2 Å². The summed E-state index contributed by atoms with van der Waals surface area (Å²) in [5.41, 5.74) is 2.97. The van der Waals surface area contributed by atoms with Crippen LogP contribution in [0.4, 0.5) is 20.3 Å². The Morgan fingerprint density at radius 1 is 1.33 bits per heavy atom. The molecule has 33 heavy (non-hydrogen) atoms. The van der Waals surface area contributed by atoms with Gasteiger partial charge in [0, 0.05) is 19.5 Å². The van der Waals surface area contributed by atoms with Crippen LogP contribution in [0.3, 0.4) is 0 Å². The molecule has 9 nitrogen and oxygen atoms in total. The van der Waals surface area contributed by atoms with E-state index in [0.717, 1.165) is 0 Å². The van der Waals surface area contributed by atoms with E-state index in [9.17, 15) is 18.8 Å².